The zero-order chi connectivity index (χ0) is 12.8. The molecule has 4 nitrogen and oxygen atoms in total. The molecule has 0 radical (unpaired) electrons. The van der Waals surface area contributed by atoms with Gasteiger partial charge in [0.1, 0.15) is 0 Å². The number of amides is 1. The number of hydrogen-bond acceptors (Lipinski definition) is 4. The first-order valence-electron chi connectivity index (χ1n) is 5.72. The van der Waals surface area contributed by atoms with Crippen molar-refractivity contribution < 1.29 is 4.79 Å². The van der Waals surface area contributed by atoms with Crippen molar-refractivity contribution in [2.45, 2.75) is 19.5 Å². The van der Waals surface area contributed by atoms with Gasteiger partial charge in [-0.15, -0.1) is 11.3 Å². The minimum atomic E-state index is -0.433. The first-order chi connectivity index (χ1) is 8.00. The van der Waals surface area contributed by atoms with Crippen molar-refractivity contribution in [2.75, 3.05) is 27.2 Å². The number of thiophene rings is 1. The lowest BCUT2D eigenvalue weighted by atomic mass is 10.3. The van der Waals surface area contributed by atoms with Gasteiger partial charge in [-0.1, -0.05) is 6.07 Å². The molecule has 0 aliphatic rings. The number of carbonyl (C=O) groups excluding carboxylic acids is 1. The number of carbonyl (C=O) groups is 1. The fourth-order valence-electron chi connectivity index (χ4n) is 1.47. The van der Waals surface area contributed by atoms with Crippen LogP contribution in [0.4, 0.5) is 0 Å². The summed E-state index contributed by atoms with van der Waals surface area (Å²) in [5, 5.41) is 2.02. The smallest absolute Gasteiger partial charge is 0.239 e. The molecule has 0 saturated heterocycles. The van der Waals surface area contributed by atoms with Crippen molar-refractivity contribution in [3.8, 4) is 0 Å². The van der Waals surface area contributed by atoms with E-state index in [2.05, 4.69) is 4.90 Å². The van der Waals surface area contributed by atoms with Crippen molar-refractivity contribution in [3.05, 3.63) is 22.4 Å². The average molecular weight is 255 g/mol. The van der Waals surface area contributed by atoms with E-state index >= 15 is 0 Å². The minimum absolute atomic E-state index is 0.0141. The lowest BCUT2D eigenvalue weighted by Gasteiger charge is -2.25. The Morgan fingerprint density at radius 2 is 2.18 bits per heavy atom. The van der Waals surface area contributed by atoms with Crippen LogP contribution in [0.25, 0.3) is 0 Å². The van der Waals surface area contributed by atoms with Crippen LogP contribution < -0.4 is 5.73 Å². The third kappa shape index (κ3) is 4.85. The molecule has 0 aliphatic carbocycles. The summed E-state index contributed by atoms with van der Waals surface area (Å²) in [6.45, 7) is 3.96. The lowest BCUT2D eigenvalue weighted by Crippen LogP contribution is -2.44. The third-order valence-corrected chi connectivity index (χ3v) is 3.31. The predicted octanol–water partition coefficient (Wildman–Crippen LogP) is 0.986. The van der Waals surface area contributed by atoms with E-state index in [0.717, 1.165) is 6.54 Å². The molecule has 0 unspecified atom stereocenters. The topological polar surface area (TPSA) is 49.6 Å². The van der Waals surface area contributed by atoms with Crippen LogP contribution in [0, 0.1) is 0 Å². The quantitative estimate of drug-likeness (QED) is 0.824. The fourth-order valence-corrected chi connectivity index (χ4v) is 2.19. The van der Waals surface area contributed by atoms with Crippen LogP contribution in [0.15, 0.2) is 17.5 Å². The van der Waals surface area contributed by atoms with Gasteiger partial charge in [-0.25, -0.2) is 0 Å². The Labute approximate surface area is 107 Å². The number of nitrogens with two attached hydrogens (primary N) is 1. The molecule has 5 heteroatoms. The molecule has 1 heterocycles. The van der Waals surface area contributed by atoms with Crippen LogP contribution in [-0.4, -0.2) is 48.9 Å². The van der Waals surface area contributed by atoms with Gasteiger partial charge in [-0.2, -0.15) is 0 Å². The molecule has 0 aliphatic heterocycles. The van der Waals surface area contributed by atoms with E-state index in [1.807, 2.05) is 36.5 Å². The highest BCUT2D eigenvalue weighted by atomic mass is 32.1. The first kappa shape index (κ1) is 14.2. The van der Waals surface area contributed by atoms with Crippen LogP contribution in [-0.2, 0) is 11.3 Å². The Hall–Kier alpha value is -0.910. The molecule has 17 heavy (non-hydrogen) atoms. The molecule has 1 rings (SSSR count). The van der Waals surface area contributed by atoms with Crippen molar-refractivity contribution in [1.82, 2.24) is 9.80 Å². The van der Waals surface area contributed by atoms with Crippen molar-refractivity contribution in [3.63, 3.8) is 0 Å². The summed E-state index contributed by atoms with van der Waals surface area (Å²) in [5.41, 5.74) is 5.67. The Kier molecular flexibility index (Phi) is 5.61. The summed E-state index contributed by atoms with van der Waals surface area (Å²) in [4.78, 5) is 17.1. The molecular weight excluding hydrogens is 234 g/mol. The highest BCUT2D eigenvalue weighted by molar-refractivity contribution is 7.09. The fraction of sp³-hybridized carbons (Fsp3) is 0.583. The Morgan fingerprint density at radius 3 is 2.65 bits per heavy atom. The van der Waals surface area contributed by atoms with Gasteiger partial charge < -0.3 is 15.5 Å². The summed E-state index contributed by atoms with van der Waals surface area (Å²) in [6, 6.07) is 3.61. The van der Waals surface area contributed by atoms with E-state index in [0.29, 0.717) is 13.1 Å². The average Bonchev–Trinajstić information content (AvgIpc) is 2.75. The highest BCUT2D eigenvalue weighted by Crippen LogP contribution is 2.12. The molecule has 2 N–H and O–H groups in total. The zero-order valence-electron chi connectivity index (χ0n) is 10.7. The van der Waals surface area contributed by atoms with E-state index in [4.69, 9.17) is 5.73 Å². The van der Waals surface area contributed by atoms with Gasteiger partial charge >= 0.3 is 0 Å². The van der Waals surface area contributed by atoms with Crippen molar-refractivity contribution in [2.24, 2.45) is 5.73 Å². The normalized spacial score (nSPS) is 12.8. The molecule has 0 fully saturated rings. The minimum Gasteiger partial charge on any atom is -0.335 e. The lowest BCUT2D eigenvalue weighted by molar-refractivity contribution is -0.132. The maximum Gasteiger partial charge on any atom is 0.239 e. The monoisotopic (exact) mass is 255 g/mol. The third-order valence-electron chi connectivity index (χ3n) is 2.45. The second-order valence-electron chi connectivity index (χ2n) is 4.43. The first-order valence-corrected chi connectivity index (χ1v) is 6.60. The summed E-state index contributed by atoms with van der Waals surface area (Å²) >= 11 is 1.67. The van der Waals surface area contributed by atoms with Gasteiger partial charge in [0.05, 0.1) is 12.6 Å². The molecule has 0 spiro atoms. The highest BCUT2D eigenvalue weighted by Gasteiger charge is 2.17. The van der Waals surface area contributed by atoms with Crippen LogP contribution in [0.3, 0.4) is 0 Å². The van der Waals surface area contributed by atoms with Crippen LogP contribution in [0.1, 0.15) is 11.8 Å². The van der Waals surface area contributed by atoms with Crippen LogP contribution in [0.5, 0.6) is 0 Å². The maximum absolute atomic E-state index is 12.0. The Morgan fingerprint density at radius 1 is 1.47 bits per heavy atom. The number of nitrogens with zero attached hydrogens (tertiary/aromatic N) is 2. The van der Waals surface area contributed by atoms with Crippen molar-refractivity contribution in [1.29, 1.82) is 0 Å². The van der Waals surface area contributed by atoms with Crippen molar-refractivity contribution >= 4 is 17.2 Å². The van der Waals surface area contributed by atoms with E-state index in [1.165, 1.54) is 4.88 Å². The SMILES string of the molecule is C[C@@H](N)C(=O)N(CCN(C)C)Cc1cccs1. The number of rotatable bonds is 6. The molecule has 1 aromatic rings. The molecule has 96 valence electrons. The maximum atomic E-state index is 12.0. The van der Waals surface area contributed by atoms with Gasteiger partial charge in [-0.3, -0.25) is 4.79 Å². The number of hydrogen-bond donors (Lipinski definition) is 1. The van der Waals surface area contributed by atoms with Crippen LogP contribution >= 0.6 is 11.3 Å². The molecule has 1 atom stereocenters. The predicted molar refractivity (Wildman–Crippen MR) is 71.9 cm³/mol. The second kappa shape index (κ2) is 6.74. The van der Waals surface area contributed by atoms with Gasteiger partial charge in [0.15, 0.2) is 0 Å². The van der Waals surface area contributed by atoms with E-state index in [1.54, 1.807) is 18.3 Å². The molecule has 0 saturated carbocycles. The van der Waals surface area contributed by atoms with Crippen LogP contribution in [0.2, 0.25) is 0 Å². The summed E-state index contributed by atoms with van der Waals surface area (Å²) in [6.07, 6.45) is 0. The number of likely N-dealkylation sites (N-methyl/N-ethyl adjacent to an activating group) is 1. The molecule has 0 bridgehead atoms. The molecule has 1 aromatic heterocycles. The zero-order valence-corrected chi connectivity index (χ0v) is 11.5. The summed E-state index contributed by atoms with van der Waals surface area (Å²) < 4.78 is 0. The Balaban J connectivity index is 2.61. The summed E-state index contributed by atoms with van der Waals surface area (Å²) in [7, 11) is 4.00. The standard InChI is InChI=1S/C12H21N3OS/c1-10(13)12(16)15(7-6-14(2)3)9-11-5-4-8-17-11/h4-5,8,10H,6-7,9,13H2,1-3H3/t10-/m1/s1. The van der Waals surface area contributed by atoms with Gasteiger partial charge in [0, 0.05) is 18.0 Å². The Bertz CT molecular complexity index is 336. The largest absolute Gasteiger partial charge is 0.335 e. The van der Waals surface area contributed by atoms with Gasteiger partial charge in [0.25, 0.3) is 0 Å². The van der Waals surface area contributed by atoms with Gasteiger partial charge in [0.2, 0.25) is 5.91 Å². The molecule has 0 aromatic carbocycles. The van der Waals surface area contributed by atoms with E-state index in [-0.39, 0.29) is 5.91 Å². The van der Waals surface area contributed by atoms with Gasteiger partial charge in [-0.05, 0) is 32.5 Å². The summed E-state index contributed by atoms with van der Waals surface area (Å²) in [5.74, 6) is 0.0141. The molecule has 1 amide bonds. The second-order valence-corrected chi connectivity index (χ2v) is 5.46. The van der Waals surface area contributed by atoms with E-state index < -0.39 is 6.04 Å². The van der Waals surface area contributed by atoms with E-state index in [9.17, 15) is 4.79 Å². The molecular formula is C12H21N3OS.